The number of rotatable bonds is 4. The van der Waals surface area contributed by atoms with Gasteiger partial charge in [0.15, 0.2) is 5.82 Å². The molecule has 86 valence electrons. The highest BCUT2D eigenvalue weighted by atomic mass is 32.1. The van der Waals surface area contributed by atoms with Gasteiger partial charge in [0.05, 0.1) is 6.54 Å². The molecule has 1 aromatic rings. The third-order valence-corrected chi connectivity index (χ3v) is 2.77. The molecule has 7 heteroatoms. The summed E-state index contributed by atoms with van der Waals surface area (Å²) in [7, 11) is 0. The highest BCUT2D eigenvalue weighted by Gasteiger charge is 2.35. The topological polar surface area (TPSA) is 29.0 Å². The molecule has 0 aromatic carbocycles. The fourth-order valence-electron chi connectivity index (χ4n) is 1.08. The van der Waals surface area contributed by atoms with Crippen LogP contribution in [0, 0.1) is 0 Å². The smallest absolute Gasteiger partial charge is 0.296 e. The molecule has 0 unspecified atom stereocenters. The molecule has 0 aliphatic rings. The number of alkyl halides is 3. The fraction of sp³-hybridized carbons (Fsp3) is 0.750. The van der Waals surface area contributed by atoms with E-state index in [1.165, 1.54) is 0 Å². The Balaban J connectivity index is 2.68. The van der Waals surface area contributed by atoms with Gasteiger partial charge in [-0.15, -0.1) is 0 Å². The second kappa shape index (κ2) is 4.89. The largest absolute Gasteiger partial charge is 0.444 e. The molecule has 0 amide bonds. The number of hydrogen-bond donors (Lipinski definition) is 0. The third-order valence-electron chi connectivity index (χ3n) is 1.97. The van der Waals surface area contributed by atoms with E-state index < -0.39 is 11.2 Å². The minimum atomic E-state index is -4.38. The maximum atomic E-state index is 12.2. The SMILES string of the molecule is CCN(CC)Cc1nsc(C(F)(F)F)n1. The molecule has 0 radical (unpaired) electrons. The summed E-state index contributed by atoms with van der Waals surface area (Å²) in [5.41, 5.74) is 0. The van der Waals surface area contributed by atoms with E-state index in [0.29, 0.717) is 18.1 Å². The van der Waals surface area contributed by atoms with Crippen LogP contribution in [0.4, 0.5) is 13.2 Å². The summed E-state index contributed by atoms with van der Waals surface area (Å²) in [6.07, 6.45) is -4.38. The lowest BCUT2D eigenvalue weighted by molar-refractivity contribution is -0.137. The van der Waals surface area contributed by atoms with Crippen molar-refractivity contribution < 1.29 is 13.2 Å². The molecule has 1 heterocycles. The van der Waals surface area contributed by atoms with Gasteiger partial charge < -0.3 is 0 Å². The fourth-order valence-corrected chi connectivity index (χ4v) is 1.62. The second-order valence-electron chi connectivity index (χ2n) is 2.97. The van der Waals surface area contributed by atoms with Crippen molar-refractivity contribution in [2.45, 2.75) is 26.6 Å². The molecule has 0 aliphatic heterocycles. The molecular formula is C8H12F3N3S. The number of nitrogens with zero attached hydrogens (tertiary/aromatic N) is 3. The monoisotopic (exact) mass is 239 g/mol. The van der Waals surface area contributed by atoms with Crippen LogP contribution in [0.5, 0.6) is 0 Å². The molecule has 1 rings (SSSR count). The van der Waals surface area contributed by atoms with E-state index >= 15 is 0 Å². The third kappa shape index (κ3) is 3.42. The number of halogens is 3. The van der Waals surface area contributed by atoms with Crippen molar-refractivity contribution in [1.29, 1.82) is 0 Å². The summed E-state index contributed by atoms with van der Waals surface area (Å²) in [6, 6.07) is 0. The normalized spacial score (nSPS) is 12.4. The van der Waals surface area contributed by atoms with Gasteiger partial charge in [-0.05, 0) is 24.6 Å². The van der Waals surface area contributed by atoms with Crippen molar-refractivity contribution in [3.8, 4) is 0 Å². The Morgan fingerprint density at radius 3 is 2.27 bits per heavy atom. The van der Waals surface area contributed by atoms with Crippen LogP contribution in [0.3, 0.4) is 0 Å². The Morgan fingerprint density at radius 2 is 1.87 bits per heavy atom. The van der Waals surface area contributed by atoms with Crippen LogP contribution in [0.25, 0.3) is 0 Å². The predicted octanol–water partition coefficient (Wildman–Crippen LogP) is 2.40. The molecule has 0 fully saturated rings. The van der Waals surface area contributed by atoms with Gasteiger partial charge in [-0.1, -0.05) is 13.8 Å². The van der Waals surface area contributed by atoms with E-state index in [1.54, 1.807) is 0 Å². The zero-order valence-corrected chi connectivity index (χ0v) is 9.32. The van der Waals surface area contributed by atoms with Crippen LogP contribution >= 0.6 is 11.5 Å². The van der Waals surface area contributed by atoms with Crippen LogP contribution in [0.2, 0.25) is 0 Å². The van der Waals surface area contributed by atoms with Crippen molar-refractivity contribution >= 4 is 11.5 Å². The Labute approximate surface area is 90.1 Å². The molecule has 0 spiro atoms. The minimum absolute atomic E-state index is 0.246. The Kier molecular flexibility index (Phi) is 4.04. The first-order valence-corrected chi connectivity index (χ1v) is 5.36. The summed E-state index contributed by atoms with van der Waals surface area (Å²) in [4.78, 5) is 5.42. The minimum Gasteiger partial charge on any atom is -0.296 e. The van der Waals surface area contributed by atoms with E-state index in [9.17, 15) is 13.2 Å². The molecule has 0 saturated carbocycles. The average Bonchev–Trinajstić information content (AvgIpc) is 2.61. The molecule has 1 aromatic heterocycles. The Hall–Kier alpha value is -0.690. The maximum Gasteiger partial charge on any atom is 0.444 e. The highest BCUT2D eigenvalue weighted by Crippen LogP contribution is 2.30. The molecule has 3 nitrogen and oxygen atoms in total. The second-order valence-corrected chi connectivity index (χ2v) is 3.73. The quantitative estimate of drug-likeness (QED) is 0.808. The molecule has 0 aliphatic carbocycles. The summed E-state index contributed by atoms with van der Waals surface area (Å²) >= 11 is 0.407. The van der Waals surface area contributed by atoms with Crippen LogP contribution in [0.1, 0.15) is 24.7 Å². The molecule has 0 atom stereocenters. The number of aromatic nitrogens is 2. The zero-order chi connectivity index (χ0) is 11.5. The standard InChI is InChI=1S/C8H12F3N3S/c1-3-14(4-2)5-6-12-7(15-13-6)8(9,10)11/h3-5H2,1-2H3. The maximum absolute atomic E-state index is 12.2. The van der Waals surface area contributed by atoms with Gasteiger partial charge in [0.25, 0.3) is 0 Å². The van der Waals surface area contributed by atoms with Gasteiger partial charge in [0, 0.05) is 0 Å². The summed E-state index contributed by atoms with van der Waals surface area (Å²) < 4.78 is 40.3. The molecule has 0 bridgehead atoms. The van der Waals surface area contributed by atoms with Gasteiger partial charge in [-0.3, -0.25) is 4.90 Å². The van der Waals surface area contributed by atoms with Gasteiger partial charge in [0.1, 0.15) is 0 Å². The van der Waals surface area contributed by atoms with Crippen LogP contribution in [-0.2, 0) is 12.7 Å². The first kappa shape index (κ1) is 12.4. The molecule has 0 saturated heterocycles. The van der Waals surface area contributed by atoms with Crippen molar-refractivity contribution in [3.05, 3.63) is 10.8 Å². The van der Waals surface area contributed by atoms with E-state index in [2.05, 4.69) is 9.36 Å². The van der Waals surface area contributed by atoms with Crippen LogP contribution in [-0.4, -0.2) is 27.3 Å². The van der Waals surface area contributed by atoms with Gasteiger partial charge in [-0.2, -0.15) is 17.5 Å². The molecule has 15 heavy (non-hydrogen) atoms. The first-order valence-electron chi connectivity index (χ1n) is 4.59. The predicted molar refractivity (Wildman–Crippen MR) is 51.5 cm³/mol. The van der Waals surface area contributed by atoms with E-state index in [0.717, 1.165) is 13.1 Å². The van der Waals surface area contributed by atoms with Crippen LogP contribution < -0.4 is 0 Å². The summed E-state index contributed by atoms with van der Waals surface area (Å²) in [6.45, 7) is 5.81. The Morgan fingerprint density at radius 1 is 1.27 bits per heavy atom. The van der Waals surface area contributed by atoms with Gasteiger partial charge >= 0.3 is 6.18 Å². The van der Waals surface area contributed by atoms with Crippen molar-refractivity contribution in [3.63, 3.8) is 0 Å². The summed E-state index contributed by atoms with van der Waals surface area (Å²) in [5, 5.41) is -0.871. The summed E-state index contributed by atoms with van der Waals surface area (Å²) in [5.74, 6) is 0.246. The Bertz CT molecular complexity index is 306. The lowest BCUT2D eigenvalue weighted by atomic mass is 10.4. The van der Waals surface area contributed by atoms with E-state index in [4.69, 9.17) is 0 Å². The lowest BCUT2D eigenvalue weighted by Crippen LogP contribution is -2.22. The highest BCUT2D eigenvalue weighted by molar-refractivity contribution is 7.05. The zero-order valence-electron chi connectivity index (χ0n) is 8.51. The van der Waals surface area contributed by atoms with Gasteiger partial charge in [-0.25, -0.2) is 4.98 Å². The first-order chi connectivity index (χ1) is 6.97. The number of hydrogen-bond acceptors (Lipinski definition) is 4. The van der Waals surface area contributed by atoms with E-state index in [1.807, 2.05) is 18.7 Å². The van der Waals surface area contributed by atoms with Crippen molar-refractivity contribution in [2.75, 3.05) is 13.1 Å². The van der Waals surface area contributed by atoms with Gasteiger partial charge in [0.2, 0.25) is 5.01 Å². The van der Waals surface area contributed by atoms with Crippen LogP contribution in [0.15, 0.2) is 0 Å². The molecule has 0 N–H and O–H groups in total. The van der Waals surface area contributed by atoms with E-state index in [-0.39, 0.29) is 5.82 Å². The molecular weight excluding hydrogens is 227 g/mol. The lowest BCUT2D eigenvalue weighted by Gasteiger charge is -2.15. The van der Waals surface area contributed by atoms with Crippen molar-refractivity contribution in [2.24, 2.45) is 0 Å². The average molecular weight is 239 g/mol. The van der Waals surface area contributed by atoms with Crippen molar-refractivity contribution in [1.82, 2.24) is 14.3 Å².